The zero-order valence-corrected chi connectivity index (χ0v) is 6.99. The molecule has 0 fully saturated rings. The number of rotatable bonds is 0. The van der Waals surface area contributed by atoms with Crippen molar-refractivity contribution in [1.29, 1.82) is 0 Å². The minimum atomic E-state index is -4.47. The molecule has 28 valence electrons. The fourth-order valence-electron chi connectivity index (χ4n) is 0. The molecule has 0 saturated carbocycles. The molecule has 0 unspecified atom stereocenters. The van der Waals surface area contributed by atoms with E-state index in [1.54, 1.807) is 0 Å². The van der Waals surface area contributed by atoms with Gasteiger partial charge in [0.1, 0.15) is 0 Å². The summed E-state index contributed by atoms with van der Waals surface area (Å²) < 4.78 is 25.9. The summed E-state index contributed by atoms with van der Waals surface area (Å²) >= 11 is -4.47. The number of hydrogen-bond acceptors (Lipinski definition) is 3. The summed E-state index contributed by atoms with van der Waals surface area (Å²) in [5.74, 6) is 0. The fraction of sp³-hybridized carbons (Fsp3) is 0. The van der Waals surface area contributed by atoms with E-state index in [-0.39, 0.29) is 17.1 Å². The van der Waals surface area contributed by atoms with E-state index in [2.05, 4.69) is 0 Å². The van der Waals surface area contributed by atoms with Crippen molar-refractivity contribution in [2.24, 2.45) is 0 Å². The predicted molar refractivity (Wildman–Crippen MR) is 2.06 cm³/mol. The van der Waals surface area contributed by atoms with Crippen molar-refractivity contribution in [3.63, 3.8) is 0 Å². The second kappa shape index (κ2) is 5.11. The van der Waals surface area contributed by atoms with Gasteiger partial charge >= 0.3 is 35.3 Å². The summed E-state index contributed by atoms with van der Waals surface area (Å²) in [5, 5.41) is 0. The van der Waals surface area contributed by atoms with Crippen molar-refractivity contribution in [3.8, 4) is 0 Å². The van der Waals surface area contributed by atoms with Crippen LogP contribution in [-0.4, -0.2) is 0 Å². The van der Waals surface area contributed by atoms with E-state index >= 15 is 0 Å². The second-order valence-corrected chi connectivity index (χ2v) is 2.10. The fourth-order valence-corrected chi connectivity index (χ4v) is 0. The first-order valence-electron chi connectivity index (χ1n) is 0.707. The summed E-state index contributed by atoms with van der Waals surface area (Å²) in [6.07, 6.45) is 0. The monoisotopic (exact) mass is 242 g/mol. The third-order valence-corrected chi connectivity index (χ3v) is 0. The Kier molecular flexibility index (Phi) is 9.66. The van der Waals surface area contributed by atoms with Crippen molar-refractivity contribution in [2.75, 3.05) is 0 Å². The summed E-state index contributed by atoms with van der Waals surface area (Å²) in [5.41, 5.74) is 0. The molecular weight excluding hydrogens is 242 g/mol. The molecule has 1 radical (unpaired) electrons. The van der Waals surface area contributed by atoms with Crippen LogP contribution < -0.4 is 0 Å². The van der Waals surface area contributed by atoms with Gasteiger partial charge in [0.25, 0.3) is 0 Å². The first kappa shape index (κ1) is 9.45. The molecule has 5 heteroatoms. The average Bonchev–Trinajstić information content (AvgIpc) is 0.811. The molecule has 5 heavy (non-hydrogen) atoms. The third-order valence-electron chi connectivity index (χ3n) is 0. The molecule has 0 saturated heterocycles. The van der Waals surface area contributed by atoms with E-state index < -0.39 is 30.2 Å². The Morgan fingerprint density at radius 1 is 1.00 bits per heavy atom. The van der Waals surface area contributed by atoms with Gasteiger partial charge in [0, 0.05) is 17.1 Å². The van der Waals surface area contributed by atoms with Gasteiger partial charge in [0.15, 0.2) is 0 Å². The van der Waals surface area contributed by atoms with Gasteiger partial charge in [-0.25, -0.2) is 0 Å². The van der Waals surface area contributed by atoms with Gasteiger partial charge in [0.05, 0.1) is 0 Å². The second-order valence-electron chi connectivity index (χ2n) is 0.289. The van der Waals surface area contributed by atoms with Crippen molar-refractivity contribution >= 4 is 0 Å². The molecule has 0 amide bonds. The maximum atomic E-state index is 8.64. The molecule has 3 nitrogen and oxygen atoms in total. The molecule has 0 rings (SSSR count). The van der Waals surface area contributed by atoms with Gasteiger partial charge in [-0.2, -0.15) is 0 Å². The van der Waals surface area contributed by atoms with Crippen LogP contribution in [-0.2, 0) is 22.2 Å². The summed E-state index contributed by atoms with van der Waals surface area (Å²) in [4.78, 5) is 0. The van der Waals surface area contributed by atoms with Crippen molar-refractivity contribution in [3.05, 3.63) is 0 Å². The van der Waals surface area contributed by atoms with Gasteiger partial charge < -0.3 is 0 Å². The van der Waals surface area contributed by atoms with E-state index in [0.717, 1.165) is 0 Å². The van der Waals surface area contributed by atoms with Gasteiger partial charge in [0.2, 0.25) is 0 Å². The molecule has 0 atom stereocenters. The molecule has 0 aliphatic heterocycles. The van der Waals surface area contributed by atoms with Crippen LogP contribution >= 0.6 is 0 Å². The predicted octanol–water partition coefficient (Wildman–Crippen LogP) is -0.359. The van der Waals surface area contributed by atoms with E-state index in [9.17, 15) is 0 Å². The Balaban J connectivity index is 0. The molecule has 0 N–H and O–H groups in total. The quantitative estimate of drug-likeness (QED) is 0.545. The average molecular weight is 242 g/mol. The Bertz CT molecular complexity index is 76.3. The van der Waals surface area contributed by atoms with Gasteiger partial charge in [-0.3, -0.25) is 0 Å². The van der Waals surface area contributed by atoms with E-state index in [0.29, 0.717) is 0 Å². The molecule has 0 aromatic rings. The van der Waals surface area contributed by atoms with Crippen LogP contribution in [0.15, 0.2) is 0 Å². The van der Waals surface area contributed by atoms with Crippen LogP contribution in [0.3, 0.4) is 0 Å². The molecule has 0 aromatic carbocycles. The summed E-state index contributed by atoms with van der Waals surface area (Å²) in [6, 6.07) is 0. The zero-order valence-electron chi connectivity index (χ0n) is 2.18. The first-order valence-corrected chi connectivity index (χ1v) is 5.15. The van der Waals surface area contributed by atoms with E-state index in [1.165, 1.54) is 0 Å². The van der Waals surface area contributed by atoms with Crippen molar-refractivity contribution < 1.29 is 52.4 Å². The molecule has 0 aliphatic rings. The van der Waals surface area contributed by atoms with Crippen LogP contribution in [0.5, 0.6) is 0 Å². The van der Waals surface area contributed by atoms with Crippen LogP contribution in [0.1, 0.15) is 0 Å². The SMILES string of the molecule is [Mn].[O]=[La](=[O])=[O]. The Hall–Kier alpha value is 1.11. The Labute approximate surface area is 51.8 Å². The van der Waals surface area contributed by atoms with Crippen LogP contribution in [0.25, 0.3) is 0 Å². The zero-order chi connectivity index (χ0) is 3.58. The van der Waals surface area contributed by atoms with Gasteiger partial charge in [-0.15, -0.1) is 0 Å². The van der Waals surface area contributed by atoms with Crippen LogP contribution in [0.2, 0.25) is 0 Å². The van der Waals surface area contributed by atoms with Crippen LogP contribution in [0.4, 0.5) is 0 Å². The summed E-state index contributed by atoms with van der Waals surface area (Å²) in [7, 11) is 0. The van der Waals surface area contributed by atoms with Crippen LogP contribution in [0, 0.1) is 30.2 Å². The first-order chi connectivity index (χ1) is 1.73. The van der Waals surface area contributed by atoms with E-state index in [1.807, 2.05) is 0 Å². The molecule has 0 spiro atoms. The molecule has 0 heterocycles. The Morgan fingerprint density at radius 2 is 1.00 bits per heavy atom. The van der Waals surface area contributed by atoms with Gasteiger partial charge in [-0.05, 0) is 0 Å². The Morgan fingerprint density at radius 3 is 1.00 bits per heavy atom. The topological polar surface area (TPSA) is 51.2 Å². The standard InChI is InChI=1S/La.Mn.3O. The summed E-state index contributed by atoms with van der Waals surface area (Å²) in [6.45, 7) is 0. The normalized spacial score (nSPS) is 3.00. The number of hydrogen-bond donors (Lipinski definition) is 0. The molecule has 0 aliphatic carbocycles. The molecule has 0 bridgehead atoms. The van der Waals surface area contributed by atoms with E-state index in [4.69, 9.17) is 5.09 Å². The van der Waals surface area contributed by atoms with Crippen molar-refractivity contribution in [2.45, 2.75) is 0 Å². The molecular formula is LaMnO3. The molecule has 0 aromatic heterocycles. The van der Waals surface area contributed by atoms with Gasteiger partial charge in [-0.1, -0.05) is 0 Å². The minimum absolute atomic E-state index is 0. The maximum absolute atomic E-state index is 8.64. The third kappa shape index (κ3) is 39.9. The van der Waals surface area contributed by atoms with Crippen molar-refractivity contribution in [1.82, 2.24) is 0 Å².